The maximum atomic E-state index is 13.3. The molecule has 0 bridgehead atoms. The number of nitrogens with one attached hydrogen (secondary N) is 2. The van der Waals surface area contributed by atoms with Gasteiger partial charge in [0.15, 0.2) is 0 Å². The molecule has 1 unspecified atom stereocenters. The Labute approximate surface area is 181 Å². The molecule has 0 saturated carbocycles. The van der Waals surface area contributed by atoms with Crippen molar-refractivity contribution < 1.29 is 14.4 Å². The first-order chi connectivity index (χ1) is 15.0. The molecule has 0 spiro atoms. The molecule has 162 valence electrons. The molecule has 0 aliphatic carbocycles. The number of imide groups is 1. The number of nitriles is 1. The minimum absolute atomic E-state index is 0.121. The maximum Gasteiger partial charge on any atom is 0.255 e. The first-order valence-electron chi connectivity index (χ1n) is 11.1. The molecule has 8 heteroatoms. The summed E-state index contributed by atoms with van der Waals surface area (Å²) in [6, 6.07) is 7.93. The number of likely N-dealkylation sites (tertiary alicyclic amines) is 1. The molecule has 3 fully saturated rings. The highest BCUT2D eigenvalue weighted by atomic mass is 16.2. The van der Waals surface area contributed by atoms with Crippen molar-refractivity contribution in [3.8, 4) is 6.07 Å². The van der Waals surface area contributed by atoms with E-state index in [1.54, 1.807) is 4.90 Å². The second-order valence-electron chi connectivity index (χ2n) is 9.25. The van der Waals surface area contributed by atoms with Crippen molar-refractivity contribution in [3.63, 3.8) is 0 Å². The highest BCUT2D eigenvalue weighted by Crippen LogP contribution is 2.41. The van der Waals surface area contributed by atoms with Gasteiger partial charge in [-0.2, -0.15) is 5.26 Å². The smallest absolute Gasteiger partial charge is 0.255 e. The Hall–Kier alpha value is -2.76. The van der Waals surface area contributed by atoms with Gasteiger partial charge in [0.25, 0.3) is 5.91 Å². The molecule has 0 aromatic heterocycles. The average molecular weight is 422 g/mol. The van der Waals surface area contributed by atoms with E-state index < -0.39 is 6.04 Å². The molecule has 31 heavy (non-hydrogen) atoms. The lowest BCUT2D eigenvalue weighted by molar-refractivity contribution is -0.136. The van der Waals surface area contributed by atoms with Crippen LogP contribution in [0.1, 0.15) is 47.2 Å². The van der Waals surface area contributed by atoms with E-state index in [0.29, 0.717) is 31.0 Å². The molecular weight excluding hydrogens is 394 g/mol. The van der Waals surface area contributed by atoms with Crippen molar-refractivity contribution in [1.82, 2.24) is 20.4 Å². The van der Waals surface area contributed by atoms with Gasteiger partial charge in [0.1, 0.15) is 6.04 Å². The summed E-state index contributed by atoms with van der Waals surface area (Å²) >= 11 is 0. The molecular formula is C23H27N5O3. The van der Waals surface area contributed by atoms with Gasteiger partial charge >= 0.3 is 0 Å². The van der Waals surface area contributed by atoms with E-state index in [9.17, 15) is 19.6 Å². The summed E-state index contributed by atoms with van der Waals surface area (Å²) in [5.41, 5.74) is 2.40. The molecule has 1 atom stereocenters. The maximum absolute atomic E-state index is 13.3. The molecule has 0 radical (unpaired) electrons. The normalized spacial score (nSPS) is 26.2. The van der Waals surface area contributed by atoms with Gasteiger partial charge in [0, 0.05) is 57.2 Å². The van der Waals surface area contributed by atoms with Gasteiger partial charge in [0.2, 0.25) is 11.8 Å². The first-order valence-corrected chi connectivity index (χ1v) is 11.1. The third kappa shape index (κ3) is 3.42. The van der Waals surface area contributed by atoms with Gasteiger partial charge in [-0.1, -0.05) is 18.2 Å². The third-order valence-corrected chi connectivity index (χ3v) is 7.57. The largest absolute Gasteiger partial charge is 0.322 e. The Morgan fingerprint density at radius 1 is 1.16 bits per heavy atom. The van der Waals surface area contributed by atoms with Crippen molar-refractivity contribution in [2.75, 3.05) is 26.2 Å². The van der Waals surface area contributed by atoms with E-state index in [2.05, 4.69) is 21.6 Å². The van der Waals surface area contributed by atoms with Gasteiger partial charge in [0.05, 0.1) is 11.5 Å². The quantitative estimate of drug-likeness (QED) is 0.696. The Kier molecular flexibility index (Phi) is 5.03. The SMILES string of the molecule is N#CC1(C2CNC2)CCN(Cc2cccc3c2C(=O)N(C2CCC(=O)NC2=O)C3)CC1. The molecule has 3 amide bonds. The molecule has 1 aromatic rings. The zero-order chi connectivity index (χ0) is 21.6. The lowest BCUT2D eigenvalue weighted by Gasteiger charge is -2.46. The van der Waals surface area contributed by atoms with Crippen LogP contribution in [0.2, 0.25) is 0 Å². The lowest BCUT2D eigenvalue weighted by Crippen LogP contribution is -2.55. The number of piperidine rings is 2. The van der Waals surface area contributed by atoms with Gasteiger partial charge in [-0.25, -0.2) is 0 Å². The van der Waals surface area contributed by atoms with Gasteiger partial charge < -0.3 is 10.2 Å². The summed E-state index contributed by atoms with van der Waals surface area (Å²) in [6.45, 7) is 4.63. The number of carbonyl (C=O) groups is 3. The van der Waals surface area contributed by atoms with Crippen LogP contribution in [0.15, 0.2) is 18.2 Å². The Balaban J connectivity index is 1.29. The van der Waals surface area contributed by atoms with E-state index in [1.807, 2.05) is 18.2 Å². The van der Waals surface area contributed by atoms with E-state index in [-0.39, 0.29) is 29.6 Å². The molecule has 4 aliphatic heterocycles. The third-order valence-electron chi connectivity index (χ3n) is 7.57. The second-order valence-corrected chi connectivity index (χ2v) is 9.25. The van der Waals surface area contributed by atoms with Crippen LogP contribution in [0.5, 0.6) is 0 Å². The molecule has 1 aromatic carbocycles. The number of nitrogens with zero attached hydrogens (tertiary/aromatic N) is 3. The predicted octanol–water partition coefficient (Wildman–Crippen LogP) is 0.773. The molecule has 8 nitrogen and oxygen atoms in total. The van der Waals surface area contributed by atoms with E-state index in [0.717, 1.165) is 50.1 Å². The fraction of sp³-hybridized carbons (Fsp3) is 0.565. The first kappa shape index (κ1) is 20.2. The van der Waals surface area contributed by atoms with Crippen LogP contribution in [0.25, 0.3) is 0 Å². The van der Waals surface area contributed by atoms with Gasteiger partial charge in [-0.15, -0.1) is 0 Å². The summed E-state index contributed by atoms with van der Waals surface area (Å²) in [7, 11) is 0. The van der Waals surface area contributed by atoms with Crippen LogP contribution in [0.3, 0.4) is 0 Å². The van der Waals surface area contributed by atoms with Crippen LogP contribution in [-0.4, -0.2) is 59.7 Å². The lowest BCUT2D eigenvalue weighted by atomic mass is 9.67. The van der Waals surface area contributed by atoms with Crippen molar-refractivity contribution in [2.24, 2.45) is 11.3 Å². The Morgan fingerprint density at radius 3 is 2.58 bits per heavy atom. The van der Waals surface area contributed by atoms with Crippen LogP contribution >= 0.6 is 0 Å². The summed E-state index contributed by atoms with van der Waals surface area (Å²) < 4.78 is 0. The Bertz CT molecular complexity index is 972. The fourth-order valence-electron chi connectivity index (χ4n) is 5.46. The molecule has 2 N–H and O–H groups in total. The number of benzene rings is 1. The van der Waals surface area contributed by atoms with Crippen LogP contribution in [0, 0.1) is 22.7 Å². The zero-order valence-electron chi connectivity index (χ0n) is 17.5. The van der Waals surface area contributed by atoms with Crippen molar-refractivity contribution in [3.05, 3.63) is 34.9 Å². The monoisotopic (exact) mass is 421 g/mol. The minimum atomic E-state index is -0.590. The van der Waals surface area contributed by atoms with Gasteiger partial charge in [-0.3, -0.25) is 24.6 Å². The number of fused-ring (bicyclic) bond motifs is 1. The van der Waals surface area contributed by atoms with E-state index in [4.69, 9.17) is 0 Å². The van der Waals surface area contributed by atoms with Crippen molar-refractivity contribution in [1.29, 1.82) is 5.26 Å². The number of hydrogen-bond acceptors (Lipinski definition) is 6. The summed E-state index contributed by atoms with van der Waals surface area (Å²) in [5, 5.41) is 15.4. The molecule has 4 aliphatic rings. The van der Waals surface area contributed by atoms with E-state index >= 15 is 0 Å². The van der Waals surface area contributed by atoms with Crippen LogP contribution in [-0.2, 0) is 22.7 Å². The van der Waals surface area contributed by atoms with Crippen LogP contribution in [0.4, 0.5) is 0 Å². The van der Waals surface area contributed by atoms with E-state index in [1.165, 1.54) is 0 Å². The van der Waals surface area contributed by atoms with Crippen molar-refractivity contribution >= 4 is 17.7 Å². The van der Waals surface area contributed by atoms with Crippen molar-refractivity contribution in [2.45, 2.75) is 44.8 Å². The number of amides is 3. The fourth-order valence-corrected chi connectivity index (χ4v) is 5.46. The summed E-state index contributed by atoms with van der Waals surface area (Å²) in [4.78, 5) is 41.0. The number of carbonyl (C=O) groups excluding carboxylic acids is 3. The van der Waals surface area contributed by atoms with Crippen LogP contribution < -0.4 is 10.6 Å². The summed E-state index contributed by atoms with van der Waals surface area (Å²) in [5.74, 6) is -0.330. The number of rotatable bonds is 4. The standard InChI is InChI=1S/C23H27N5O3/c24-14-23(17-10-25-11-17)6-8-27(9-7-23)12-15-2-1-3-16-13-28(22(31)20(15)16)18-4-5-19(29)26-21(18)30/h1-3,17-18,25H,4-13H2,(H,26,29,30). The number of hydrogen-bond donors (Lipinski definition) is 2. The predicted molar refractivity (Wildman–Crippen MR) is 111 cm³/mol. The minimum Gasteiger partial charge on any atom is -0.322 e. The zero-order valence-corrected chi connectivity index (χ0v) is 17.5. The molecule has 5 rings (SSSR count). The highest BCUT2D eigenvalue weighted by Gasteiger charge is 2.45. The second kappa shape index (κ2) is 7.74. The molecule has 3 saturated heterocycles. The summed E-state index contributed by atoms with van der Waals surface area (Å²) in [6.07, 6.45) is 2.36. The molecule has 4 heterocycles. The Morgan fingerprint density at radius 2 is 1.94 bits per heavy atom. The average Bonchev–Trinajstić information content (AvgIpc) is 3.05. The highest BCUT2D eigenvalue weighted by molar-refractivity contribution is 6.05. The topological polar surface area (TPSA) is 106 Å². The van der Waals surface area contributed by atoms with Gasteiger partial charge in [-0.05, 0) is 30.4 Å².